The van der Waals surface area contributed by atoms with Crippen molar-refractivity contribution >= 4 is 11.4 Å². The number of nitrogens with zero attached hydrogens (tertiary/aromatic N) is 2. The molecular formula is C31H34N2O2. The van der Waals surface area contributed by atoms with E-state index in [2.05, 4.69) is 55.8 Å². The van der Waals surface area contributed by atoms with Gasteiger partial charge < -0.3 is 9.47 Å². The summed E-state index contributed by atoms with van der Waals surface area (Å²) in [5.74, 6) is 1.60. The second-order valence-electron chi connectivity index (χ2n) is 8.97. The molecule has 0 spiro atoms. The number of ether oxygens (including phenoxy) is 2. The van der Waals surface area contributed by atoms with Crippen LogP contribution in [-0.2, 0) is 4.74 Å². The highest BCUT2D eigenvalue weighted by Gasteiger charge is 2.26. The van der Waals surface area contributed by atoms with Gasteiger partial charge in [0.25, 0.3) is 0 Å². The fourth-order valence-corrected chi connectivity index (χ4v) is 4.38. The van der Waals surface area contributed by atoms with Gasteiger partial charge in [-0.25, -0.2) is 5.01 Å². The average molecular weight is 467 g/mol. The molecule has 3 aromatic rings. The number of hydrogen-bond donors (Lipinski definition) is 0. The quantitative estimate of drug-likeness (QED) is 0.184. The standard InChI is InChI=1S/C31H34N2O2/c1-23-14-12-15-24(2)30(23)34-22-32(28-18-8-6-9-19-28)33(29-20-10-7-11-21-29)27(5)35-31-25(3)16-13-17-26(31)4/h6-21,23,30H,5,22H2,1-4H3/t23-,30-/m1/s1. The van der Waals surface area contributed by atoms with Gasteiger partial charge in [0.15, 0.2) is 0 Å². The van der Waals surface area contributed by atoms with Gasteiger partial charge in [0.1, 0.15) is 12.5 Å². The van der Waals surface area contributed by atoms with E-state index in [-0.39, 0.29) is 12.0 Å². The molecule has 0 amide bonds. The van der Waals surface area contributed by atoms with Crippen molar-refractivity contribution in [3.8, 4) is 5.75 Å². The minimum atomic E-state index is -0.00312. The number of aryl methyl sites for hydroxylation is 2. The maximum atomic E-state index is 6.54. The van der Waals surface area contributed by atoms with Crippen LogP contribution in [0.5, 0.6) is 5.75 Å². The van der Waals surface area contributed by atoms with Crippen LogP contribution in [-0.4, -0.2) is 12.8 Å². The Hall–Kier alpha value is -3.76. The van der Waals surface area contributed by atoms with E-state index in [1.54, 1.807) is 0 Å². The van der Waals surface area contributed by atoms with Crippen molar-refractivity contribution in [3.63, 3.8) is 0 Å². The number of anilines is 2. The maximum absolute atomic E-state index is 6.54. The Balaban J connectivity index is 1.71. The molecule has 4 nitrogen and oxygen atoms in total. The van der Waals surface area contributed by atoms with Crippen LogP contribution in [0.4, 0.5) is 11.4 Å². The predicted molar refractivity (Wildman–Crippen MR) is 145 cm³/mol. The van der Waals surface area contributed by atoms with Crippen LogP contribution in [0, 0.1) is 19.8 Å². The highest BCUT2D eigenvalue weighted by atomic mass is 16.5. The van der Waals surface area contributed by atoms with E-state index in [1.807, 2.05) is 85.6 Å². The molecule has 0 aromatic heterocycles. The van der Waals surface area contributed by atoms with E-state index < -0.39 is 0 Å². The Morgan fingerprint density at radius 1 is 0.829 bits per heavy atom. The molecular weight excluding hydrogens is 432 g/mol. The van der Waals surface area contributed by atoms with Gasteiger partial charge in [-0.3, -0.25) is 5.01 Å². The fraction of sp³-hybridized carbons (Fsp3) is 0.226. The molecule has 0 radical (unpaired) electrons. The molecule has 180 valence electrons. The highest BCUT2D eigenvalue weighted by molar-refractivity contribution is 5.61. The highest BCUT2D eigenvalue weighted by Crippen LogP contribution is 2.31. The lowest BCUT2D eigenvalue weighted by Gasteiger charge is -2.39. The zero-order chi connectivity index (χ0) is 24.8. The summed E-state index contributed by atoms with van der Waals surface area (Å²) in [6.45, 7) is 13.1. The topological polar surface area (TPSA) is 24.9 Å². The number of rotatable bonds is 9. The summed E-state index contributed by atoms with van der Waals surface area (Å²) in [5.41, 5.74) is 5.24. The smallest absolute Gasteiger partial charge is 0.212 e. The molecule has 0 aliphatic heterocycles. The van der Waals surface area contributed by atoms with Gasteiger partial charge in [-0.2, -0.15) is 0 Å². The SMILES string of the molecule is C=C(Oc1c(C)cccc1C)N(c1ccccc1)N(CO[C@H]1C(C)=CC=C[C@H]1C)c1ccccc1. The normalized spacial score (nSPS) is 17.0. The minimum Gasteiger partial charge on any atom is -0.439 e. The largest absolute Gasteiger partial charge is 0.439 e. The molecule has 4 rings (SSSR count). The lowest BCUT2D eigenvalue weighted by atomic mass is 9.93. The molecule has 35 heavy (non-hydrogen) atoms. The van der Waals surface area contributed by atoms with Crippen molar-refractivity contribution in [1.29, 1.82) is 0 Å². The molecule has 1 aliphatic rings. The zero-order valence-electron chi connectivity index (χ0n) is 21.0. The molecule has 0 fully saturated rings. The molecule has 0 saturated carbocycles. The van der Waals surface area contributed by atoms with Crippen LogP contribution < -0.4 is 14.8 Å². The van der Waals surface area contributed by atoms with Crippen molar-refractivity contribution in [2.75, 3.05) is 16.7 Å². The molecule has 0 bridgehead atoms. The first-order valence-electron chi connectivity index (χ1n) is 12.0. The number of hydrogen-bond acceptors (Lipinski definition) is 4. The second kappa shape index (κ2) is 11.1. The summed E-state index contributed by atoms with van der Waals surface area (Å²) >= 11 is 0. The third-order valence-electron chi connectivity index (χ3n) is 6.24. The molecule has 4 heteroatoms. The van der Waals surface area contributed by atoms with Crippen LogP contribution in [0.25, 0.3) is 0 Å². The lowest BCUT2D eigenvalue weighted by molar-refractivity contribution is 0.0528. The van der Waals surface area contributed by atoms with E-state index in [4.69, 9.17) is 9.47 Å². The third kappa shape index (κ3) is 5.67. The van der Waals surface area contributed by atoms with Gasteiger partial charge in [0.05, 0.1) is 17.5 Å². The van der Waals surface area contributed by atoms with E-state index in [0.29, 0.717) is 12.6 Å². The number of para-hydroxylation sites is 3. The molecule has 1 aliphatic carbocycles. The van der Waals surface area contributed by atoms with E-state index in [0.717, 1.165) is 28.3 Å². The lowest BCUT2D eigenvalue weighted by Crippen LogP contribution is -2.46. The number of hydrazine groups is 1. The van der Waals surface area contributed by atoms with E-state index >= 15 is 0 Å². The summed E-state index contributed by atoms with van der Waals surface area (Å²) < 4.78 is 13.0. The van der Waals surface area contributed by atoms with Gasteiger partial charge in [-0.05, 0) is 68.3 Å². The van der Waals surface area contributed by atoms with Gasteiger partial charge in [-0.15, -0.1) is 0 Å². The summed E-state index contributed by atoms with van der Waals surface area (Å²) in [7, 11) is 0. The van der Waals surface area contributed by atoms with Crippen LogP contribution in [0.3, 0.4) is 0 Å². The summed E-state index contributed by atoms with van der Waals surface area (Å²) in [6.07, 6.45) is 6.40. The molecule has 3 aromatic carbocycles. The Kier molecular flexibility index (Phi) is 7.74. The fourth-order valence-electron chi connectivity index (χ4n) is 4.38. The van der Waals surface area contributed by atoms with Gasteiger partial charge in [0.2, 0.25) is 5.88 Å². The zero-order valence-corrected chi connectivity index (χ0v) is 21.0. The van der Waals surface area contributed by atoms with E-state index in [1.165, 1.54) is 5.57 Å². The molecule has 0 N–H and O–H groups in total. The Bertz CT molecular complexity index is 1180. The van der Waals surface area contributed by atoms with Crippen molar-refractivity contribution in [2.45, 2.75) is 33.8 Å². The Morgan fingerprint density at radius 3 is 2.03 bits per heavy atom. The first kappa shape index (κ1) is 24.4. The molecule has 2 atom stereocenters. The molecule has 0 saturated heterocycles. The minimum absolute atomic E-state index is 0.00312. The Morgan fingerprint density at radius 2 is 1.43 bits per heavy atom. The van der Waals surface area contributed by atoms with Gasteiger partial charge >= 0.3 is 0 Å². The van der Waals surface area contributed by atoms with Gasteiger partial charge in [-0.1, -0.05) is 79.7 Å². The monoisotopic (exact) mass is 466 g/mol. The van der Waals surface area contributed by atoms with Crippen LogP contribution >= 0.6 is 0 Å². The summed E-state index contributed by atoms with van der Waals surface area (Å²) in [4.78, 5) is 0. The van der Waals surface area contributed by atoms with Gasteiger partial charge in [0, 0.05) is 5.92 Å². The number of allylic oxidation sites excluding steroid dienone is 2. The number of benzene rings is 3. The first-order valence-corrected chi connectivity index (χ1v) is 12.0. The average Bonchev–Trinajstić information content (AvgIpc) is 2.86. The van der Waals surface area contributed by atoms with Crippen molar-refractivity contribution < 1.29 is 9.47 Å². The van der Waals surface area contributed by atoms with Crippen LogP contribution in [0.1, 0.15) is 25.0 Å². The molecule has 0 unspecified atom stereocenters. The van der Waals surface area contributed by atoms with E-state index in [9.17, 15) is 0 Å². The van der Waals surface area contributed by atoms with Crippen LogP contribution in [0.15, 0.2) is 115 Å². The summed E-state index contributed by atoms with van der Waals surface area (Å²) in [6, 6.07) is 26.5. The van der Waals surface area contributed by atoms with Crippen LogP contribution in [0.2, 0.25) is 0 Å². The maximum Gasteiger partial charge on any atom is 0.212 e. The van der Waals surface area contributed by atoms with Crippen molar-refractivity contribution in [3.05, 3.63) is 126 Å². The molecule has 0 heterocycles. The first-order chi connectivity index (χ1) is 17.0. The second-order valence-corrected chi connectivity index (χ2v) is 8.97. The summed E-state index contributed by atoms with van der Waals surface area (Å²) in [5, 5.41) is 4.06. The van der Waals surface area contributed by atoms with Crippen molar-refractivity contribution in [2.24, 2.45) is 5.92 Å². The predicted octanol–water partition coefficient (Wildman–Crippen LogP) is 7.58. The Labute approximate surface area is 209 Å². The van der Waals surface area contributed by atoms with Crippen molar-refractivity contribution in [1.82, 2.24) is 0 Å². The third-order valence-corrected chi connectivity index (χ3v) is 6.24.